The second-order valence-electron chi connectivity index (χ2n) is 6.81. The predicted octanol–water partition coefficient (Wildman–Crippen LogP) is 7.09. The van der Waals surface area contributed by atoms with Crippen molar-refractivity contribution in [3.63, 3.8) is 0 Å². The molecule has 0 heterocycles. The van der Waals surface area contributed by atoms with E-state index in [-0.39, 0.29) is 30.7 Å². The number of hydrogen-bond donors (Lipinski definition) is 0. The number of carbonyl (C=O) groups excluding carboxylic acids is 2. The molecule has 0 spiro atoms. The monoisotopic (exact) mass is 525 g/mol. The summed E-state index contributed by atoms with van der Waals surface area (Å²) in [5, 5.41) is 1.58. The van der Waals surface area contributed by atoms with Crippen molar-refractivity contribution in [2.75, 3.05) is 18.1 Å². The zero-order chi connectivity index (χ0) is 24.0. The van der Waals surface area contributed by atoms with Crippen LogP contribution in [0.1, 0.15) is 22.8 Å². The Balaban J connectivity index is 1.87. The standard InChI is InChI=1S/C24H19Cl4NO4/c1-2-32-24(31)15-6-9-17(10-7-15)29(13-18-19(26)4-3-5-20(18)27)23(30)14-33-22-11-8-16(25)12-21(22)28/h3-12H,2,13-14H2,1H3. The van der Waals surface area contributed by atoms with Crippen LogP contribution in [0.15, 0.2) is 60.7 Å². The van der Waals surface area contributed by atoms with Crippen LogP contribution < -0.4 is 9.64 Å². The van der Waals surface area contributed by atoms with E-state index in [4.69, 9.17) is 55.9 Å². The van der Waals surface area contributed by atoms with E-state index in [0.29, 0.717) is 37.6 Å². The fourth-order valence-electron chi connectivity index (χ4n) is 2.97. The molecule has 33 heavy (non-hydrogen) atoms. The first-order chi connectivity index (χ1) is 15.8. The zero-order valence-corrected chi connectivity index (χ0v) is 20.5. The lowest BCUT2D eigenvalue weighted by Gasteiger charge is -2.24. The number of halogens is 4. The van der Waals surface area contributed by atoms with Gasteiger partial charge in [-0.25, -0.2) is 4.79 Å². The number of esters is 1. The molecule has 172 valence electrons. The lowest BCUT2D eigenvalue weighted by molar-refractivity contribution is -0.120. The second-order valence-corrected chi connectivity index (χ2v) is 8.47. The van der Waals surface area contributed by atoms with Crippen LogP contribution in [0.4, 0.5) is 5.69 Å². The Hall–Kier alpha value is -2.44. The molecular weight excluding hydrogens is 508 g/mol. The van der Waals surface area contributed by atoms with E-state index in [1.807, 2.05) is 0 Å². The van der Waals surface area contributed by atoms with Crippen LogP contribution in [-0.4, -0.2) is 25.1 Å². The third-order valence-corrected chi connectivity index (χ3v) is 5.85. The van der Waals surface area contributed by atoms with Gasteiger partial charge in [-0.1, -0.05) is 52.5 Å². The quantitative estimate of drug-likeness (QED) is 0.294. The molecular formula is C24H19Cl4NO4. The molecule has 1 amide bonds. The summed E-state index contributed by atoms with van der Waals surface area (Å²) in [6.07, 6.45) is 0. The van der Waals surface area contributed by atoms with Gasteiger partial charge in [0.2, 0.25) is 0 Å². The van der Waals surface area contributed by atoms with Crippen LogP contribution >= 0.6 is 46.4 Å². The van der Waals surface area contributed by atoms with Crippen LogP contribution in [-0.2, 0) is 16.1 Å². The lowest BCUT2D eigenvalue weighted by atomic mass is 10.1. The average molecular weight is 527 g/mol. The Morgan fingerprint density at radius 1 is 0.879 bits per heavy atom. The number of nitrogens with zero attached hydrogens (tertiary/aromatic N) is 1. The van der Waals surface area contributed by atoms with Crippen molar-refractivity contribution >= 4 is 64.0 Å². The molecule has 0 saturated carbocycles. The molecule has 0 fully saturated rings. The van der Waals surface area contributed by atoms with Crippen LogP contribution in [0.2, 0.25) is 20.1 Å². The first kappa shape index (κ1) is 25.2. The van der Waals surface area contributed by atoms with Gasteiger partial charge in [0, 0.05) is 26.3 Å². The summed E-state index contributed by atoms with van der Waals surface area (Å²) >= 11 is 24.7. The largest absolute Gasteiger partial charge is 0.482 e. The van der Waals surface area contributed by atoms with Gasteiger partial charge in [-0.15, -0.1) is 0 Å². The molecule has 0 aromatic heterocycles. The van der Waals surface area contributed by atoms with Gasteiger partial charge in [0.15, 0.2) is 6.61 Å². The molecule has 0 atom stereocenters. The SMILES string of the molecule is CCOC(=O)c1ccc(N(Cc2c(Cl)cccc2Cl)C(=O)COc2ccc(Cl)cc2Cl)cc1. The third kappa shape index (κ3) is 6.55. The predicted molar refractivity (Wildman–Crippen MR) is 132 cm³/mol. The smallest absolute Gasteiger partial charge is 0.338 e. The lowest BCUT2D eigenvalue weighted by Crippen LogP contribution is -2.34. The number of ether oxygens (including phenoxy) is 2. The maximum atomic E-state index is 13.2. The van der Waals surface area contributed by atoms with Crippen LogP contribution in [0.3, 0.4) is 0 Å². The van der Waals surface area contributed by atoms with Crippen LogP contribution in [0.25, 0.3) is 0 Å². The zero-order valence-electron chi connectivity index (χ0n) is 17.5. The molecule has 0 unspecified atom stereocenters. The van der Waals surface area contributed by atoms with Gasteiger partial charge in [0.1, 0.15) is 5.75 Å². The first-order valence-electron chi connectivity index (χ1n) is 9.88. The number of amides is 1. The molecule has 0 N–H and O–H groups in total. The molecule has 3 rings (SSSR count). The molecule has 0 aliphatic rings. The van der Waals surface area contributed by atoms with Crippen molar-refractivity contribution < 1.29 is 19.1 Å². The minimum absolute atomic E-state index is 0.0911. The number of anilines is 1. The molecule has 0 saturated heterocycles. The third-order valence-electron chi connectivity index (χ3n) is 4.61. The molecule has 5 nitrogen and oxygen atoms in total. The average Bonchev–Trinajstić information content (AvgIpc) is 2.78. The molecule has 0 bridgehead atoms. The van der Waals surface area contributed by atoms with E-state index < -0.39 is 5.97 Å². The van der Waals surface area contributed by atoms with E-state index in [1.54, 1.807) is 61.5 Å². The van der Waals surface area contributed by atoms with Crippen molar-refractivity contribution in [3.8, 4) is 5.75 Å². The molecule has 0 radical (unpaired) electrons. The Bertz CT molecular complexity index is 1130. The van der Waals surface area contributed by atoms with E-state index >= 15 is 0 Å². The van der Waals surface area contributed by atoms with E-state index in [0.717, 1.165) is 0 Å². The van der Waals surface area contributed by atoms with Gasteiger partial charge in [0.25, 0.3) is 5.91 Å². The van der Waals surface area contributed by atoms with Crippen molar-refractivity contribution in [1.29, 1.82) is 0 Å². The number of rotatable bonds is 8. The highest BCUT2D eigenvalue weighted by molar-refractivity contribution is 6.36. The van der Waals surface area contributed by atoms with E-state index in [9.17, 15) is 9.59 Å². The van der Waals surface area contributed by atoms with Crippen molar-refractivity contribution in [2.24, 2.45) is 0 Å². The van der Waals surface area contributed by atoms with Gasteiger partial charge in [-0.2, -0.15) is 0 Å². The van der Waals surface area contributed by atoms with Crippen LogP contribution in [0, 0.1) is 0 Å². The Kier molecular flexibility index (Phi) is 8.87. The number of carbonyl (C=O) groups is 2. The Morgan fingerprint density at radius 3 is 2.15 bits per heavy atom. The summed E-state index contributed by atoms with van der Waals surface area (Å²) in [6, 6.07) is 16.3. The summed E-state index contributed by atoms with van der Waals surface area (Å²) in [4.78, 5) is 26.6. The van der Waals surface area contributed by atoms with E-state index in [2.05, 4.69) is 0 Å². The number of benzene rings is 3. The first-order valence-corrected chi connectivity index (χ1v) is 11.4. The molecule has 0 aliphatic carbocycles. The van der Waals surface area contributed by atoms with Crippen molar-refractivity contribution in [1.82, 2.24) is 0 Å². The minimum atomic E-state index is -0.447. The minimum Gasteiger partial charge on any atom is -0.482 e. The fourth-order valence-corrected chi connectivity index (χ4v) is 3.95. The highest BCUT2D eigenvalue weighted by Gasteiger charge is 2.21. The Morgan fingerprint density at radius 2 is 1.55 bits per heavy atom. The fraction of sp³-hybridized carbons (Fsp3) is 0.167. The molecule has 0 aliphatic heterocycles. The summed E-state index contributed by atoms with van der Waals surface area (Å²) in [7, 11) is 0. The van der Waals surface area contributed by atoms with Gasteiger partial charge < -0.3 is 14.4 Å². The summed E-state index contributed by atoms with van der Waals surface area (Å²) in [6.45, 7) is 1.78. The molecule has 3 aromatic rings. The normalized spacial score (nSPS) is 10.6. The topological polar surface area (TPSA) is 55.8 Å². The van der Waals surface area contributed by atoms with E-state index in [1.165, 1.54) is 11.0 Å². The van der Waals surface area contributed by atoms with Crippen molar-refractivity contribution in [2.45, 2.75) is 13.5 Å². The van der Waals surface area contributed by atoms with Gasteiger partial charge in [0.05, 0.1) is 23.7 Å². The van der Waals surface area contributed by atoms with Gasteiger partial charge >= 0.3 is 5.97 Å². The highest BCUT2D eigenvalue weighted by Crippen LogP contribution is 2.30. The molecule has 3 aromatic carbocycles. The number of hydrogen-bond acceptors (Lipinski definition) is 4. The second kappa shape index (κ2) is 11.6. The van der Waals surface area contributed by atoms with Gasteiger partial charge in [-0.05, 0) is 61.5 Å². The maximum absolute atomic E-state index is 13.2. The van der Waals surface area contributed by atoms with Crippen LogP contribution in [0.5, 0.6) is 5.75 Å². The summed E-state index contributed by atoms with van der Waals surface area (Å²) in [5.41, 5.74) is 1.47. The molecule has 9 heteroatoms. The summed E-state index contributed by atoms with van der Waals surface area (Å²) < 4.78 is 10.6. The highest BCUT2D eigenvalue weighted by atomic mass is 35.5. The van der Waals surface area contributed by atoms with Crippen molar-refractivity contribution in [3.05, 3.63) is 91.9 Å². The summed E-state index contributed by atoms with van der Waals surface area (Å²) in [5.74, 6) is -0.500. The Labute approximate surface area is 211 Å². The maximum Gasteiger partial charge on any atom is 0.338 e. The van der Waals surface area contributed by atoms with Gasteiger partial charge in [-0.3, -0.25) is 4.79 Å².